The minimum absolute atomic E-state index is 0.114. The van der Waals surface area contributed by atoms with Gasteiger partial charge < -0.3 is 10.4 Å². The lowest BCUT2D eigenvalue weighted by Gasteiger charge is -2.42. The number of β-amino-alcohol motifs (C(OH)–C–C–N with tert-alkyl or cyclic N) is 1. The summed E-state index contributed by atoms with van der Waals surface area (Å²) in [6.45, 7) is 3.63. The summed E-state index contributed by atoms with van der Waals surface area (Å²) < 4.78 is 25.7. The van der Waals surface area contributed by atoms with E-state index in [4.69, 9.17) is 0 Å². The highest BCUT2D eigenvalue weighted by Gasteiger charge is 2.43. The largest absolute Gasteiger partial charge is 0.387 e. The molecule has 0 radical (unpaired) electrons. The average molecular weight is 298 g/mol. The molecule has 20 heavy (non-hydrogen) atoms. The third-order valence-corrected chi connectivity index (χ3v) is 4.94. The predicted molar refractivity (Wildman–Crippen MR) is 73.3 cm³/mol. The zero-order chi connectivity index (χ0) is 15.0. The summed E-state index contributed by atoms with van der Waals surface area (Å²) in [6.07, 6.45) is 0. The van der Waals surface area contributed by atoms with Crippen LogP contribution >= 0.6 is 0 Å². The molecule has 110 valence electrons. The predicted octanol–water partition coefficient (Wildman–Crippen LogP) is 0.0780. The Morgan fingerprint density at radius 2 is 1.90 bits per heavy atom. The van der Waals surface area contributed by atoms with Crippen LogP contribution in [0.25, 0.3) is 0 Å². The maximum Gasteiger partial charge on any atom is 0.243 e. The summed E-state index contributed by atoms with van der Waals surface area (Å²) in [5.74, 6) is -0.135. The lowest BCUT2D eigenvalue weighted by Crippen LogP contribution is -2.61. The number of rotatable bonds is 4. The molecule has 1 fully saturated rings. The Bertz CT molecular complexity index is 600. The maximum absolute atomic E-state index is 12.2. The number of benzene rings is 1. The van der Waals surface area contributed by atoms with E-state index in [-0.39, 0.29) is 23.9 Å². The van der Waals surface area contributed by atoms with E-state index in [0.717, 1.165) is 5.56 Å². The Morgan fingerprint density at radius 1 is 1.35 bits per heavy atom. The average Bonchev–Trinajstić information content (AvgIpc) is 2.34. The van der Waals surface area contributed by atoms with Gasteiger partial charge in [-0.1, -0.05) is 12.1 Å². The Labute approximate surface area is 118 Å². The topological polar surface area (TPSA) is 86.7 Å². The molecule has 0 unspecified atom stereocenters. The minimum Gasteiger partial charge on any atom is -0.387 e. The molecule has 7 heteroatoms. The fourth-order valence-corrected chi connectivity index (χ4v) is 3.71. The second-order valence-corrected chi connectivity index (χ2v) is 7.26. The van der Waals surface area contributed by atoms with E-state index in [1.165, 1.54) is 23.4 Å². The lowest BCUT2D eigenvalue weighted by atomic mass is 10.0. The summed E-state index contributed by atoms with van der Waals surface area (Å²) in [5.41, 5.74) is -0.104. The first kappa shape index (κ1) is 15.0. The summed E-state index contributed by atoms with van der Waals surface area (Å²) >= 11 is 0. The standard InChI is InChI=1S/C13H18N2O4S/c1-10(16)14-7-11-3-5-12(6-4-11)20(18,19)15-8-13(2,17)9-15/h3-6,17H,7-9H2,1-2H3,(H,14,16). The van der Waals surface area contributed by atoms with Crippen molar-refractivity contribution in [2.24, 2.45) is 0 Å². The number of nitrogens with zero attached hydrogens (tertiary/aromatic N) is 1. The van der Waals surface area contributed by atoms with Crippen LogP contribution in [-0.2, 0) is 21.4 Å². The molecule has 1 saturated heterocycles. The molecule has 0 saturated carbocycles. The van der Waals surface area contributed by atoms with E-state index in [1.54, 1.807) is 19.1 Å². The number of hydrogen-bond acceptors (Lipinski definition) is 4. The van der Waals surface area contributed by atoms with Gasteiger partial charge in [0.2, 0.25) is 15.9 Å². The van der Waals surface area contributed by atoms with Gasteiger partial charge in [-0.3, -0.25) is 4.79 Å². The van der Waals surface area contributed by atoms with E-state index in [0.29, 0.717) is 6.54 Å². The highest BCUT2D eigenvalue weighted by Crippen LogP contribution is 2.27. The van der Waals surface area contributed by atoms with Crippen LogP contribution in [0.5, 0.6) is 0 Å². The number of carbonyl (C=O) groups excluding carboxylic acids is 1. The van der Waals surface area contributed by atoms with Crippen LogP contribution in [0.15, 0.2) is 29.2 Å². The summed E-state index contributed by atoms with van der Waals surface area (Å²) in [4.78, 5) is 11.0. The Kier molecular flexibility index (Phi) is 3.86. The minimum atomic E-state index is -3.54. The number of nitrogens with one attached hydrogen (secondary N) is 1. The van der Waals surface area contributed by atoms with Gasteiger partial charge in [-0.15, -0.1) is 0 Å². The van der Waals surface area contributed by atoms with Crippen LogP contribution in [-0.4, -0.2) is 42.4 Å². The van der Waals surface area contributed by atoms with Crippen molar-refractivity contribution >= 4 is 15.9 Å². The van der Waals surface area contributed by atoms with Crippen LogP contribution in [0.3, 0.4) is 0 Å². The smallest absolute Gasteiger partial charge is 0.243 e. The van der Waals surface area contributed by atoms with Crippen molar-refractivity contribution in [3.05, 3.63) is 29.8 Å². The van der Waals surface area contributed by atoms with E-state index >= 15 is 0 Å². The van der Waals surface area contributed by atoms with E-state index in [1.807, 2.05) is 0 Å². The van der Waals surface area contributed by atoms with Crippen molar-refractivity contribution in [3.8, 4) is 0 Å². The van der Waals surface area contributed by atoms with Crippen LogP contribution in [0.1, 0.15) is 19.4 Å². The van der Waals surface area contributed by atoms with Crippen molar-refractivity contribution in [1.29, 1.82) is 0 Å². The normalized spacial score (nSPS) is 18.4. The molecule has 0 bridgehead atoms. The van der Waals surface area contributed by atoms with E-state index in [9.17, 15) is 18.3 Å². The molecule has 1 aliphatic rings. The molecule has 6 nitrogen and oxygen atoms in total. The molecule has 1 aromatic rings. The monoisotopic (exact) mass is 298 g/mol. The Morgan fingerprint density at radius 3 is 2.35 bits per heavy atom. The second-order valence-electron chi connectivity index (χ2n) is 5.32. The van der Waals surface area contributed by atoms with Crippen LogP contribution < -0.4 is 5.32 Å². The van der Waals surface area contributed by atoms with E-state index in [2.05, 4.69) is 5.32 Å². The van der Waals surface area contributed by atoms with E-state index < -0.39 is 15.6 Å². The SMILES string of the molecule is CC(=O)NCc1ccc(S(=O)(=O)N2CC(C)(O)C2)cc1. The first-order valence-electron chi connectivity index (χ1n) is 6.27. The molecular formula is C13H18N2O4S. The molecular weight excluding hydrogens is 280 g/mol. The maximum atomic E-state index is 12.2. The molecule has 1 heterocycles. The number of amides is 1. The zero-order valence-corrected chi connectivity index (χ0v) is 12.3. The molecule has 0 spiro atoms. The highest BCUT2D eigenvalue weighted by molar-refractivity contribution is 7.89. The third kappa shape index (κ3) is 3.17. The molecule has 1 aliphatic heterocycles. The molecule has 2 N–H and O–H groups in total. The third-order valence-electron chi connectivity index (χ3n) is 3.14. The van der Waals surface area contributed by atoms with Gasteiger partial charge in [0, 0.05) is 26.6 Å². The van der Waals surface area contributed by atoms with Crippen LogP contribution in [0, 0.1) is 0 Å². The first-order chi connectivity index (χ1) is 9.21. The van der Waals surface area contributed by atoms with Gasteiger partial charge in [0.25, 0.3) is 0 Å². The van der Waals surface area contributed by atoms with Gasteiger partial charge in [-0.2, -0.15) is 4.31 Å². The number of aliphatic hydroxyl groups is 1. The van der Waals surface area contributed by atoms with Crippen LogP contribution in [0.4, 0.5) is 0 Å². The Hall–Kier alpha value is -1.44. The Balaban J connectivity index is 2.08. The van der Waals surface area contributed by atoms with Crippen molar-refractivity contribution in [1.82, 2.24) is 9.62 Å². The number of hydrogen-bond donors (Lipinski definition) is 2. The van der Waals surface area contributed by atoms with Crippen molar-refractivity contribution in [3.63, 3.8) is 0 Å². The zero-order valence-electron chi connectivity index (χ0n) is 11.5. The molecule has 0 aliphatic carbocycles. The molecule has 1 aromatic carbocycles. The summed E-state index contributed by atoms with van der Waals surface area (Å²) in [5, 5.41) is 12.3. The van der Waals surface area contributed by atoms with Gasteiger partial charge in [0.15, 0.2) is 0 Å². The molecule has 0 aromatic heterocycles. The van der Waals surface area contributed by atoms with Gasteiger partial charge >= 0.3 is 0 Å². The fourth-order valence-electron chi connectivity index (χ4n) is 2.04. The fraction of sp³-hybridized carbons (Fsp3) is 0.462. The first-order valence-corrected chi connectivity index (χ1v) is 7.71. The summed E-state index contributed by atoms with van der Waals surface area (Å²) in [6, 6.07) is 6.36. The van der Waals surface area contributed by atoms with Crippen molar-refractivity contribution in [2.75, 3.05) is 13.1 Å². The molecule has 1 amide bonds. The lowest BCUT2D eigenvalue weighted by molar-refractivity contribution is -0.119. The molecule has 0 atom stereocenters. The van der Waals surface area contributed by atoms with Crippen molar-refractivity contribution in [2.45, 2.75) is 30.9 Å². The van der Waals surface area contributed by atoms with Gasteiger partial charge in [0.1, 0.15) is 0 Å². The van der Waals surface area contributed by atoms with Crippen LogP contribution in [0.2, 0.25) is 0 Å². The number of carbonyl (C=O) groups is 1. The van der Waals surface area contributed by atoms with Gasteiger partial charge in [-0.05, 0) is 24.6 Å². The van der Waals surface area contributed by atoms with Gasteiger partial charge in [0.05, 0.1) is 10.5 Å². The quantitative estimate of drug-likeness (QED) is 0.824. The number of sulfonamides is 1. The van der Waals surface area contributed by atoms with Gasteiger partial charge in [-0.25, -0.2) is 8.42 Å². The highest BCUT2D eigenvalue weighted by atomic mass is 32.2. The summed E-state index contributed by atoms with van der Waals surface area (Å²) in [7, 11) is -3.54. The molecule has 2 rings (SSSR count). The second kappa shape index (κ2) is 5.16. The van der Waals surface area contributed by atoms with Crippen molar-refractivity contribution < 1.29 is 18.3 Å².